The average molecular weight is 274 g/mol. The first-order valence-electron chi connectivity index (χ1n) is 6.43. The van der Waals surface area contributed by atoms with E-state index in [2.05, 4.69) is 23.6 Å². The van der Waals surface area contributed by atoms with Gasteiger partial charge < -0.3 is 4.74 Å². The Hall–Kier alpha value is -1.91. The number of ether oxygens (including phenoxy) is 1. The van der Waals surface area contributed by atoms with Crippen LogP contribution in [-0.2, 0) is 0 Å². The Morgan fingerprint density at radius 2 is 1.70 bits per heavy atom. The molecule has 0 amide bonds. The third-order valence-corrected chi connectivity index (χ3v) is 3.25. The van der Waals surface area contributed by atoms with Crippen LogP contribution in [0, 0.1) is 19.7 Å². The van der Waals surface area contributed by atoms with Crippen molar-refractivity contribution in [3.05, 3.63) is 64.5 Å². The molecule has 106 valence electrons. The highest BCUT2D eigenvalue weighted by atomic mass is 19.1. The number of hydrogen-bond acceptors (Lipinski definition) is 3. The van der Waals surface area contributed by atoms with Crippen molar-refractivity contribution in [3.8, 4) is 5.75 Å². The van der Waals surface area contributed by atoms with Gasteiger partial charge in [0.1, 0.15) is 0 Å². The van der Waals surface area contributed by atoms with Crippen LogP contribution in [0.5, 0.6) is 5.75 Å². The second-order valence-electron chi connectivity index (χ2n) is 4.91. The largest absolute Gasteiger partial charge is 0.494 e. The summed E-state index contributed by atoms with van der Waals surface area (Å²) in [6, 6.07) is 10.8. The highest BCUT2D eigenvalue weighted by molar-refractivity contribution is 5.40. The van der Waals surface area contributed by atoms with Crippen molar-refractivity contribution in [3.63, 3.8) is 0 Å². The maximum Gasteiger partial charge on any atom is 0.165 e. The minimum Gasteiger partial charge on any atom is -0.494 e. The van der Waals surface area contributed by atoms with Gasteiger partial charge in [-0.15, -0.1) is 0 Å². The Balaban J connectivity index is 2.46. The van der Waals surface area contributed by atoms with Crippen LogP contribution in [0.25, 0.3) is 0 Å². The monoisotopic (exact) mass is 274 g/mol. The average Bonchev–Trinajstić information content (AvgIpc) is 2.40. The smallest absolute Gasteiger partial charge is 0.165 e. The van der Waals surface area contributed by atoms with Gasteiger partial charge in [-0.3, -0.25) is 5.84 Å². The first-order valence-corrected chi connectivity index (χ1v) is 6.43. The van der Waals surface area contributed by atoms with E-state index in [0.29, 0.717) is 0 Å². The van der Waals surface area contributed by atoms with Crippen molar-refractivity contribution in [1.82, 2.24) is 5.43 Å². The molecule has 0 radical (unpaired) electrons. The van der Waals surface area contributed by atoms with Gasteiger partial charge in [-0.05, 0) is 37.1 Å². The highest BCUT2D eigenvalue weighted by Crippen LogP contribution is 2.27. The molecule has 0 fully saturated rings. The standard InChI is InChI=1S/C16H19FN2O/c1-10-6-11(2)8-13(7-10)16(19-18)12-4-5-14(17)15(9-12)20-3/h4-9,16,19H,18H2,1-3H3. The predicted molar refractivity (Wildman–Crippen MR) is 78.0 cm³/mol. The van der Waals surface area contributed by atoms with E-state index in [4.69, 9.17) is 10.6 Å². The van der Waals surface area contributed by atoms with E-state index < -0.39 is 0 Å². The van der Waals surface area contributed by atoms with E-state index in [-0.39, 0.29) is 17.6 Å². The summed E-state index contributed by atoms with van der Waals surface area (Å²) in [6.07, 6.45) is 0. The Bertz CT molecular complexity index is 593. The minimum absolute atomic E-state index is 0.205. The fraction of sp³-hybridized carbons (Fsp3) is 0.250. The first-order chi connectivity index (χ1) is 9.55. The SMILES string of the molecule is COc1cc(C(NN)c2cc(C)cc(C)c2)ccc1F. The zero-order chi connectivity index (χ0) is 14.7. The lowest BCUT2D eigenvalue weighted by Crippen LogP contribution is -2.29. The number of hydrogen-bond donors (Lipinski definition) is 2. The van der Waals surface area contributed by atoms with Crippen LogP contribution in [0.2, 0.25) is 0 Å². The van der Waals surface area contributed by atoms with Gasteiger partial charge in [0.05, 0.1) is 13.2 Å². The zero-order valence-electron chi connectivity index (χ0n) is 11.9. The van der Waals surface area contributed by atoms with Gasteiger partial charge in [-0.1, -0.05) is 35.4 Å². The fourth-order valence-corrected chi connectivity index (χ4v) is 2.42. The minimum atomic E-state index is -0.382. The van der Waals surface area contributed by atoms with Gasteiger partial charge in [-0.25, -0.2) is 9.82 Å². The van der Waals surface area contributed by atoms with Gasteiger partial charge >= 0.3 is 0 Å². The summed E-state index contributed by atoms with van der Waals surface area (Å²) in [5.74, 6) is 5.51. The van der Waals surface area contributed by atoms with Gasteiger partial charge in [0, 0.05) is 0 Å². The van der Waals surface area contributed by atoms with Crippen LogP contribution in [0.3, 0.4) is 0 Å². The number of nitrogens with two attached hydrogens (primary N) is 1. The van der Waals surface area contributed by atoms with Crippen LogP contribution < -0.4 is 16.0 Å². The molecule has 0 heterocycles. The highest BCUT2D eigenvalue weighted by Gasteiger charge is 2.15. The van der Waals surface area contributed by atoms with Crippen molar-refractivity contribution < 1.29 is 9.13 Å². The van der Waals surface area contributed by atoms with E-state index in [1.807, 2.05) is 13.8 Å². The van der Waals surface area contributed by atoms with Crippen LogP contribution in [0.15, 0.2) is 36.4 Å². The molecule has 2 aromatic rings. The van der Waals surface area contributed by atoms with E-state index in [0.717, 1.165) is 22.3 Å². The maximum absolute atomic E-state index is 13.5. The van der Waals surface area contributed by atoms with Crippen LogP contribution >= 0.6 is 0 Å². The second-order valence-corrected chi connectivity index (χ2v) is 4.91. The summed E-state index contributed by atoms with van der Waals surface area (Å²) < 4.78 is 18.5. The number of nitrogens with one attached hydrogen (secondary N) is 1. The molecule has 1 unspecified atom stereocenters. The Labute approximate surface area is 118 Å². The molecule has 0 aliphatic carbocycles. The lowest BCUT2D eigenvalue weighted by Gasteiger charge is -2.19. The number of halogens is 1. The fourth-order valence-electron chi connectivity index (χ4n) is 2.42. The lowest BCUT2D eigenvalue weighted by atomic mass is 9.96. The van der Waals surface area contributed by atoms with Crippen molar-refractivity contribution in [2.24, 2.45) is 5.84 Å². The number of aryl methyl sites for hydroxylation is 2. The zero-order valence-corrected chi connectivity index (χ0v) is 11.9. The molecule has 0 aliphatic rings. The summed E-state index contributed by atoms with van der Waals surface area (Å²) in [6.45, 7) is 4.07. The molecule has 0 bridgehead atoms. The second kappa shape index (κ2) is 6.03. The molecule has 2 aromatic carbocycles. The van der Waals surface area contributed by atoms with Gasteiger partial charge in [-0.2, -0.15) is 0 Å². The molecule has 2 rings (SSSR count). The van der Waals surface area contributed by atoms with Crippen molar-refractivity contribution in [1.29, 1.82) is 0 Å². The molecule has 3 N–H and O–H groups in total. The van der Waals surface area contributed by atoms with Crippen LogP contribution in [-0.4, -0.2) is 7.11 Å². The van der Waals surface area contributed by atoms with Gasteiger partial charge in [0.15, 0.2) is 11.6 Å². The quantitative estimate of drug-likeness (QED) is 0.665. The number of methoxy groups -OCH3 is 1. The topological polar surface area (TPSA) is 47.3 Å². The molecule has 20 heavy (non-hydrogen) atoms. The van der Waals surface area contributed by atoms with Gasteiger partial charge in [0.2, 0.25) is 0 Å². The molecule has 0 aliphatic heterocycles. The third-order valence-electron chi connectivity index (χ3n) is 3.25. The van der Waals surface area contributed by atoms with Crippen molar-refractivity contribution in [2.75, 3.05) is 7.11 Å². The summed E-state index contributed by atoms with van der Waals surface area (Å²) in [5.41, 5.74) is 7.00. The number of rotatable bonds is 4. The van der Waals surface area contributed by atoms with Crippen molar-refractivity contribution in [2.45, 2.75) is 19.9 Å². The van der Waals surface area contributed by atoms with Crippen LogP contribution in [0.4, 0.5) is 4.39 Å². The molecule has 0 aromatic heterocycles. The molecule has 4 heteroatoms. The summed E-state index contributed by atoms with van der Waals surface area (Å²) in [5, 5.41) is 0. The summed E-state index contributed by atoms with van der Waals surface area (Å²) >= 11 is 0. The van der Waals surface area contributed by atoms with E-state index in [1.165, 1.54) is 13.2 Å². The molecule has 1 atom stereocenters. The molecule has 0 spiro atoms. The van der Waals surface area contributed by atoms with E-state index in [9.17, 15) is 4.39 Å². The van der Waals surface area contributed by atoms with E-state index in [1.54, 1.807) is 12.1 Å². The summed E-state index contributed by atoms with van der Waals surface area (Å²) in [4.78, 5) is 0. The summed E-state index contributed by atoms with van der Waals surface area (Å²) in [7, 11) is 1.45. The molecular formula is C16H19FN2O. The Morgan fingerprint density at radius 3 is 2.25 bits per heavy atom. The predicted octanol–water partition coefficient (Wildman–Crippen LogP) is 3.00. The molecule has 0 saturated heterocycles. The lowest BCUT2D eigenvalue weighted by molar-refractivity contribution is 0.385. The van der Waals surface area contributed by atoms with Crippen molar-refractivity contribution >= 4 is 0 Å². The Kier molecular flexibility index (Phi) is 4.37. The molecule has 0 saturated carbocycles. The number of benzene rings is 2. The third kappa shape index (κ3) is 2.98. The van der Waals surface area contributed by atoms with E-state index >= 15 is 0 Å². The molecular weight excluding hydrogens is 255 g/mol. The normalized spacial score (nSPS) is 12.2. The first kappa shape index (κ1) is 14.5. The Morgan fingerprint density at radius 1 is 1.05 bits per heavy atom. The number of hydrazine groups is 1. The van der Waals surface area contributed by atoms with Crippen LogP contribution in [0.1, 0.15) is 28.3 Å². The maximum atomic E-state index is 13.5. The van der Waals surface area contributed by atoms with Gasteiger partial charge in [0.25, 0.3) is 0 Å². The molecule has 3 nitrogen and oxygen atoms in total.